The summed E-state index contributed by atoms with van der Waals surface area (Å²) in [5, 5.41) is 0.399. The first kappa shape index (κ1) is 24.1. The van der Waals surface area contributed by atoms with Gasteiger partial charge in [-0.05, 0) is 53.6 Å². The number of carbonyl (C=O) groups excluding carboxylic acids is 1. The van der Waals surface area contributed by atoms with E-state index in [0.717, 1.165) is 22.5 Å². The van der Waals surface area contributed by atoms with Gasteiger partial charge >= 0.3 is 0 Å². The van der Waals surface area contributed by atoms with E-state index in [9.17, 15) is 4.79 Å². The quantitative estimate of drug-likeness (QED) is 0.270. The predicted molar refractivity (Wildman–Crippen MR) is 145 cm³/mol. The molecule has 174 valence electrons. The minimum absolute atomic E-state index is 0.174. The van der Waals surface area contributed by atoms with E-state index < -0.39 is 0 Å². The Morgan fingerprint density at radius 2 is 1.79 bits per heavy atom. The molecular weight excluding hydrogens is 488 g/mol. The fraction of sp³-hybridized carbons (Fsp3) is 0.154. The van der Waals surface area contributed by atoms with Gasteiger partial charge in [0.1, 0.15) is 6.61 Å². The number of halogens is 1. The molecule has 0 aromatic heterocycles. The molecule has 1 amide bonds. The maximum atomic E-state index is 13.2. The molecular formula is C26H23ClN2O3S2. The van der Waals surface area contributed by atoms with E-state index in [0.29, 0.717) is 32.4 Å². The molecule has 0 saturated carbocycles. The SMILES string of the molecule is COc1cc(/C=C2\SC(=S)N(c3ccc(N(C)C)cc3)C2=O)cc(Cl)c1OCc1ccccc1. The summed E-state index contributed by atoms with van der Waals surface area (Å²) in [6, 6.07) is 21.0. The second-order valence-electron chi connectivity index (χ2n) is 7.74. The van der Waals surface area contributed by atoms with Crippen LogP contribution in [0.4, 0.5) is 11.4 Å². The van der Waals surface area contributed by atoms with Crippen LogP contribution < -0.4 is 19.3 Å². The number of ether oxygens (including phenoxy) is 2. The number of benzene rings is 3. The number of methoxy groups -OCH3 is 1. The lowest BCUT2D eigenvalue weighted by Crippen LogP contribution is -2.27. The van der Waals surface area contributed by atoms with Crippen LogP contribution in [0.1, 0.15) is 11.1 Å². The van der Waals surface area contributed by atoms with Crippen molar-refractivity contribution < 1.29 is 14.3 Å². The highest BCUT2D eigenvalue weighted by molar-refractivity contribution is 8.27. The Labute approximate surface area is 213 Å². The van der Waals surface area contributed by atoms with Crippen molar-refractivity contribution in [3.8, 4) is 11.5 Å². The average Bonchev–Trinajstić information content (AvgIpc) is 3.11. The van der Waals surface area contributed by atoms with Gasteiger partial charge in [-0.3, -0.25) is 9.69 Å². The van der Waals surface area contributed by atoms with Gasteiger partial charge in [0.05, 0.1) is 22.7 Å². The fourth-order valence-corrected chi connectivity index (χ4v) is 5.01. The highest BCUT2D eigenvalue weighted by atomic mass is 35.5. The molecule has 3 aromatic carbocycles. The molecule has 0 radical (unpaired) electrons. The zero-order valence-electron chi connectivity index (χ0n) is 18.9. The number of carbonyl (C=O) groups is 1. The van der Waals surface area contributed by atoms with Gasteiger partial charge in [-0.25, -0.2) is 0 Å². The van der Waals surface area contributed by atoms with Gasteiger partial charge in [0.2, 0.25) is 0 Å². The topological polar surface area (TPSA) is 42.0 Å². The molecule has 1 aliphatic rings. The molecule has 1 saturated heterocycles. The molecule has 0 aliphatic carbocycles. The third-order valence-electron chi connectivity index (χ3n) is 5.19. The Morgan fingerprint density at radius 3 is 2.44 bits per heavy atom. The first-order valence-corrected chi connectivity index (χ1v) is 12.1. The molecule has 4 rings (SSSR count). The van der Waals surface area contributed by atoms with Crippen LogP contribution in [-0.2, 0) is 11.4 Å². The maximum absolute atomic E-state index is 13.2. The second kappa shape index (κ2) is 10.5. The summed E-state index contributed by atoms with van der Waals surface area (Å²) < 4.78 is 11.9. The van der Waals surface area contributed by atoms with Crippen LogP contribution in [0.2, 0.25) is 5.02 Å². The minimum atomic E-state index is -0.174. The van der Waals surface area contributed by atoms with Gasteiger partial charge in [0, 0.05) is 19.8 Å². The summed E-state index contributed by atoms with van der Waals surface area (Å²) in [5.74, 6) is 0.773. The molecule has 0 atom stereocenters. The number of hydrogen-bond acceptors (Lipinski definition) is 6. The van der Waals surface area contributed by atoms with Gasteiger partial charge in [0.25, 0.3) is 5.91 Å². The molecule has 3 aromatic rings. The number of rotatable bonds is 7. The van der Waals surface area contributed by atoms with E-state index in [1.165, 1.54) is 11.8 Å². The Kier molecular flexibility index (Phi) is 7.46. The van der Waals surface area contributed by atoms with Crippen molar-refractivity contribution in [3.05, 3.63) is 87.8 Å². The summed E-state index contributed by atoms with van der Waals surface area (Å²) in [5.41, 5.74) is 3.52. The molecule has 8 heteroatoms. The number of amides is 1. The molecule has 0 spiro atoms. The van der Waals surface area contributed by atoms with Crippen molar-refractivity contribution >= 4 is 63.3 Å². The standard InChI is InChI=1S/C26H23ClN2O3S2/c1-28(2)19-9-11-20(12-10-19)29-25(30)23(34-26(29)33)15-18-13-21(27)24(22(14-18)31-3)32-16-17-7-5-4-6-8-17/h4-15H,16H2,1-3H3/b23-15-. The largest absolute Gasteiger partial charge is 0.493 e. The second-order valence-corrected chi connectivity index (χ2v) is 9.82. The normalized spacial score (nSPS) is 14.6. The molecule has 34 heavy (non-hydrogen) atoms. The van der Waals surface area contributed by atoms with Crippen LogP contribution in [0.5, 0.6) is 11.5 Å². The molecule has 1 heterocycles. The average molecular weight is 511 g/mol. The summed E-state index contributed by atoms with van der Waals surface area (Å²) in [4.78, 5) is 17.2. The van der Waals surface area contributed by atoms with Gasteiger partial charge in [-0.15, -0.1) is 0 Å². The van der Waals surface area contributed by atoms with Crippen LogP contribution in [0, 0.1) is 0 Å². The van der Waals surface area contributed by atoms with E-state index >= 15 is 0 Å². The van der Waals surface area contributed by atoms with Gasteiger partial charge in [-0.1, -0.05) is 65.9 Å². The molecule has 1 fully saturated rings. The molecule has 1 aliphatic heterocycles. The smallest absolute Gasteiger partial charge is 0.270 e. The fourth-order valence-electron chi connectivity index (χ4n) is 3.43. The van der Waals surface area contributed by atoms with Gasteiger partial charge in [0.15, 0.2) is 15.8 Å². The van der Waals surface area contributed by atoms with Crippen LogP contribution in [0.3, 0.4) is 0 Å². The van der Waals surface area contributed by atoms with E-state index in [-0.39, 0.29) is 5.91 Å². The van der Waals surface area contributed by atoms with Gasteiger partial charge in [-0.2, -0.15) is 0 Å². The van der Waals surface area contributed by atoms with Crippen molar-refractivity contribution in [2.75, 3.05) is 31.0 Å². The van der Waals surface area contributed by atoms with Crippen LogP contribution in [0.15, 0.2) is 71.6 Å². The van der Waals surface area contributed by atoms with Crippen molar-refractivity contribution in [1.29, 1.82) is 0 Å². The monoisotopic (exact) mass is 510 g/mol. The van der Waals surface area contributed by atoms with Crippen molar-refractivity contribution in [1.82, 2.24) is 0 Å². The first-order chi connectivity index (χ1) is 16.4. The lowest BCUT2D eigenvalue weighted by atomic mass is 10.1. The van der Waals surface area contributed by atoms with E-state index in [1.54, 1.807) is 30.2 Å². The molecule has 0 bridgehead atoms. The van der Waals surface area contributed by atoms with Crippen LogP contribution in [-0.4, -0.2) is 31.4 Å². The van der Waals surface area contributed by atoms with E-state index in [1.807, 2.05) is 73.6 Å². The molecule has 5 nitrogen and oxygen atoms in total. The zero-order chi connectivity index (χ0) is 24.2. The number of thiocarbonyl (C=S) groups is 1. The summed E-state index contributed by atoms with van der Waals surface area (Å²) in [6.07, 6.45) is 1.77. The van der Waals surface area contributed by atoms with Crippen LogP contribution in [0.25, 0.3) is 6.08 Å². The van der Waals surface area contributed by atoms with E-state index in [4.69, 9.17) is 33.3 Å². The van der Waals surface area contributed by atoms with Crippen molar-refractivity contribution in [2.45, 2.75) is 6.61 Å². The van der Waals surface area contributed by atoms with E-state index in [2.05, 4.69) is 0 Å². The third kappa shape index (κ3) is 5.22. The maximum Gasteiger partial charge on any atom is 0.270 e. The number of thioether (sulfide) groups is 1. The predicted octanol–water partition coefficient (Wildman–Crippen LogP) is 6.40. The highest BCUT2D eigenvalue weighted by Gasteiger charge is 2.33. The summed E-state index contributed by atoms with van der Waals surface area (Å²) >= 11 is 13.3. The minimum Gasteiger partial charge on any atom is -0.493 e. The lowest BCUT2D eigenvalue weighted by molar-refractivity contribution is -0.113. The molecule has 0 unspecified atom stereocenters. The third-order valence-corrected chi connectivity index (χ3v) is 6.78. The number of nitrogens with zero attached hydrogens (tertiary/aromatic N) is 2. The Balaban J connectivity index is 1.56. The first-order valence-electron chi connectivity index (χ1n) is 10.5. The Bertz CT molecular complexity index is 1240. The van der Waals surface area contributed by atoms with Crippen molar-refractivity contribution in [3.63, 3.8) is 0 Å². The Hall–Kier alpha value is -3.00. The zero-order valence-corrected chi connectivity index (χ0v) is 21.3. The van der Waals surface area contributed by atoms with Crippen LogP contribution >= 0.6 is 35.6 Å². The van der Waals surface area contributed by atoms with Gasteiger partial charge < -0.3 is 14.4 Å². The summed E-state index contributed by atoms with van der Waals surface area (Å²) in [7, 11) is 5.49. The van der Waals surface area contributed by atoms with Crippen molar-refractivity contribution in [2.24, 2.45) is 0 Å². The highest BCUT2D eigenvalue weighted by Crippen LogP contribution is 2.40. The number of hydrogen-bond donors (Lipinski definition) is 0. The molecule has 0 N–H and O–H groups in total. The number of anilines is 2. The Morgan fingerprint density at radius 1 is 1.09 bits per heavy atom. The lowest BCUT2D eigenvalue weighted by Gasteiger charge is -2.17. The summed E-state index contributed by atoms with van der Waals surface area (Å²) in [6.45, 7) is 0.363.